The highest BCUT2D eigenvalue weighted by atomic mass is 32.2. The Bertz CT molecular complexity index is 834. The lowest BCUT2D eigenvalue weighted by atomic mass is 10.1. The van der Waals surface area contributed by atoms with Gasteiger partial charge in [0.2, 0.25) is 10.0 Å². The van der Waals surface area contributed by atoms with E-state index in [-0.39, 0.29) is 11.4 Å². The van der Waals surface area contributed by atoms with Gasteiger partial charge in [0, 0.05) is 31.9 Å². The fourth-order valence-corrected chi connectivity index (χ4v) is 4.73. The van der Waals surface area contributed by atoms with E-state index in [1.165, 1.54) is 15.3 Å². The number of nitrogens with one attached hydrogen (secondary N) is 1. The molecule has 150 valence electrons. The standard InChI is InChI=1S/C18H27N3O5S/c1-5-21(6-2)27(25,26)15-9-12(3)13(4)16(10-15)19-18(24)20-8-7-14(11-20)17(22)23/h9-10,14H,5-8,11H2,1-4H3,(H,19,24)(H,22,23). The number of sulfonamides is 1. The summed E-state index contributed by atoms with van der Waals surface area (Å²) in [5.41, 5.74) is 1.95. The number of hydrogen-bond donors (Lipinski definition) is 2. The van der Waals surface area contributed by atoms with E-state index < -0.39 is 27.9 Å². The van der Waals surface area contributed by atoms with Gasteiger partial charge < -0.3 is 15.3 Å². The van der Waals surface area contributed by atoms with Crippen molar-refractivity contribution in [2.75, 3.05) is 31.5 Å². The second kappa shape index (κ2) is 8.26. The SMILES string of the molecule is CCN(CC)S(=O)(=O)c1cc(C)c(C)c(NC(=O)N2CCC(C(=O)O)C2)c1. The number of urea groups is 1. The van der Waals surface area contributed by atoms with Crippen molar-refractivity contribution in [3.05, 3.63) is 23.3 Å². The molecule has 0 saturated carbocycles. The third-order valence-electron chi connectivity index (χ3n) is 5.05. The van der Waals surface area contributed by atoms with E-state index >= 15 is 0 Å². The van der Waals surface area contributed by atoms with Gasteiger partial charge in [0.15, 0.2) is 0 Å². The molecular formula is C18H27N3O5S. The van der Waals surface area contributed by atoms with Crippen LogP contribution in [0.25, 0.3) is 0 Å². The molecule has 2 amide bonds. The van der Waals surface area contributed by atoms with Crippen molar-refractivity contribution in [2.24, 2.45) is 5.92 Å². The average molecular weight is 397 g/mol. The molecule has 1 aliphatic heterocycles. The number of anilines is 1. The quantitative estimate of drug-likeness (QED) is 0.766. The third-order valence-corrected chi connectivity index (χ3v) is 7.08. The minimum atomic E-state index is -3.65. The number of aliphatic carboxylic acids is 1. The van der Waals surface area contributed by atoms with Gasteiger partial charge in [-0.15, -0.1) is 0 Å². The molecule has 1 atom stereocenters. The van der Waals surface area contributed by atoms with E-state index in [1.54, 1.807) is 26.8 Å². The van der Waals surface area contributed by atoms with E-state index in [9.17, 15) is 18.0 Å². The van der Waals surface area contributed by atoms with Crippen molar-refractivity contribution in [2.45, 2.75) is 39.0 Å². The minimum Gasteiger partial charge on any atom is -0.481 e. The van der Waals surface area contributed by atoms with Crippen molar-refractivity contribution in [1.82, 2.24) is 9.21 Å². The minimum absolute atomic E-state index is 0.134. The fraction of sp³-hybridized carbons (Fsp3) is 0.556. The first-order valence-electron chi connectivity index (χ1n) is 9.01. The van der Waals surface area contributed by atoms with Crippen molar-refractivity contribution < 1.29 is 23.1 Å². The Labute approximate surface area is 160 Å². The third kappa shape index (κ3) is 4.41. The summed E-state index contributed by atoms with van der Waals surface area (Å²) in [6, 6.07) is 2.66. The van der Waals surface area contributed by atoms with Gasteiger partial charge in [-0.2, -0.15) is 4.31 Å². The highest BCUT2D eigenvalue weighted by molar-refractivity contribution is 7.89. The van der Waals surface area contributed by atoms with E-state index in [0.29, 0.717) is 31.7 Å². The van der Waals surface area contributed by atoms with Crippen molar-refractivity contribution in [1.29, 1.82) is 0 Å². The Morgan fingerprint density at radius 2 is 1.89 bits per heavy atom. The molecule has 0 radical (unpaired) electrons. The topological polar surface area (TPSA) is 107 Å². The van der Waals surface area contributed by atoms with Crippen molar-refractivity contribution in [3.63, 3.8) is 0 Å². The van der Waals surface area contributed by atoms with Crippen LogP contribution in [0.4, 0.5) is 10.5 Å². The number of aryl methyl sites for hydroxylation is 1. The van der Waals surface area contributed by atoms with Gasteiger partial charge in [-0.1, -0.05) is 13.8 Å². The van der Waals surface area contributed by atoms with Crippen LogP contribution in [0.5, 0.6) is 0 Å². The van der Waals surface area contributed by atoms with E-state index in [2.05, 4.69) is 5.32 Å². The Kier molecular flexibility index (Phi) is 6.48. The van der Waals surface area contributed by atoms with Crippen LogP contribution in [-0.4, -0.2) is 60.9 Å². The molecule has 0 spiro atoms. The molecule has 2 N–H and O–H groups in total. The van der Waals surface area contributed by atoms with Crippen LogP contribution in [-0.2, 0) is 14.8 Å². The molecule has 1 saturated heterocycles. The van der Waals surface area contributed by atoms with Crippen LogP contribution in [0.3, 0.4) is 0 Å². The van der Waals surface area contributed by atoms with Crippen molar-refractivity contribution in [3.8, 4) is 0 Å². The average Bonchev–Trinajstić information content (AvgIpc) is 3.10. The van der Waals surface area contributed by atoms with Gasteiger partial charge in [0.25, 0.3) is 0 Å². The normalized spacial score (nSPS) is 17.4. The summed E-state index contributed by atoms with van der Waals surface area (Å²) in [4.78, 5) is 25.2. The summed E-state index contributed by atoms with van der Waals surface area (Å²) in [5.74, 6) is -1.47. The van der Waals surface area contributed by atoms with Gasteiger partial charge in [-0.05, 0) is 43.5 Å². The Morgan fingerprint density at radius 3 is 2.41 bits per heavy atom. The Balaban J connectivity index is 2.29. The summed E-state index contributed by atoms with van der Waals surface area (Å²) in [6.45, 7) is 8.38. The van der Waals surface area contributed by atoms with Gasteiger partial charge in [0.05, 0.1) is 10.8 Å². The molecule has 0 bridgehead atoms. The van der Waals surface area contributed by atoms with Crippen LogP contribution in [0.2, 0.25) is 0 Å². The lowest BCUT2D eigenvalue weighted by molar-refractivity contribution is -0.141. The number of benzene rings is 1. The first-order valence-corrected chi connectivity index (χ1v) is 10.5. The maximum atomic E-state index is 12.8. The monoisotopic (exact) mass is 397 g/mol. The van der Waals surface area contributed by atoms with E-state index in [1.807, 2.05) is 6.92 Å². The molecule has 8 nitrogen and oxygen atoms in total. The predicted octanol–water partition coefficient (Wildman–Crippen LogP) is 2.27. The Morgan fingerprint density at radius 1 is 1.26 bits per heavy atom. The lowest BCUT2D eigenvalue weighted by Crippen LogP contribution is -2.34. The number of rotatable bonds is 6. The summed E-state index contributed by atoms with van der Waals surface area (Å²) >= 11 is 0. The number of amides is 2. The maximum absolute atomic E-state index is 12.8. The van der Waals surface area contributed by atoms with E-state index in [4.69, 9.17) is 5.11 Å². The van der Waals surface area contributed by atoms with Crippen LogP contribution in [0.1, 0.15) is 31.4 Å². The molecule has 27 heavy (non-hydrogen) atoms. The lowest BCUT2D eigenvalue weighted by Gasteiger charge is -2.22. The molecule has 1 fully saturated rings. The molecule has 1 aliphatic rings. The molecule has 1 heterocycles. The van der Waals surface area contributed by atoms with Gasteiger partial charge in [0.1, 0.15) is 0 Å². The zero-order valence-corrected chi connectivity index (χ0v) is 17.0. The summed E-state index contributed by atoms with van der Waals surface area (Å²) in [6.07, 6.45) is 0.414. The zero-order valence-electron chi connectivity index (χ0n) is 16.2. The number of likely N-dealkylation sites (tertiary alicyclic amines) is 1. The fourth-order valence-electron chi connectivity index (χ4n) is 3.16. The summed E-state index contributed by atoms with van der Waals surface area (Å²) in [5, 5.41) is 11.8. The van der Waals surface area contributed by atoms with Gasteiger partial charge in [-0.25, -0.2) is 13.2 Å². The number of carbonyl (C=O) groups is 2. The second-order valence-corrected chi connectivity index (χ2v) is 8.64. The molecule has 1 aromatic carbocycles. The van der Waals surface area contributed by atoms with Crippen molar-refractivity contribution >= 4 is 27.7 Å². The van der Waals surface area contributed by atoms with Gasteiger partial charge in [-0.3, -0.25) is 4.79 Å². The zero-order chi connectivity index (χ0) is 20.4. The molecule has 1 unspecified atom stereocenters. The second-order valence-electron chi connectivity index (χ2n) is 6.70. The summed E-state index contributed by atoms with van der Waals surface area (Å²) < 4.78 is 27.0. The first-order chi connectivity index (χ1) is 12.6. The van der Waals surface area contributed by atoms with E-state index in [0.717, 1.165) is 11.1 Å². The largest absolute Gasteiger partial charge is 0.481 e. The first kappa shape index (κ1) is 21.2. The molecule has 1 aromatic rings. The molecular weight excluding hydrogens is 370 g/mol. The van der Waals surface area contributed by atoms with Crippen LogP contribution < -0.4 is 5.32 Å². The highest BCUT2D eigenvalue weighted by Gasteiger charge is 2.31. The molecule has 0 aromatic heterocycles. The highest BCUT2D eigenvalue weighted by Crippen LogP contribution is 2.27. The smallest absolute Gasteiger partial charge is 0.321 e. The predicted molar refractivity (Wildman–Crippen MR) is 102 cm³/mol. The maximum Gasteiger partial charge on any atom is 0.321 e. The van der Waals surface area contributed by atoms with Gasteiger partial charge >= 0.3 is 12.0 Å². The van der Waals surface area contributed by atoms with Crippen LogP contribution in [0, 0.1) is 19.8 Å². The molecule has 2 rings (SSSR count). The number of carboxylic acid groups (broad SMARTS) is 1. The summed E-state index contributed by atoms with van der Waals surface area (Å²) in [7, 11) is -3.65. The number of carbonyl (C=O) groups excluding carboxylic acids is 1. The van der Waals surface area contributed by atoms with Crippen LogP contribution >= 0.6 is 0 Å². The molecule has 0 aliphatic carbocycles. The number of hydrogen-bond acceptors (Lipinski definition) is 4. The van der Waals surface area contributed by atoms with Crippen LogP contribution in [0.15, 0.2) is 17.0 Å². The Hall–Kier alpha value is -2.13. The molecule has 9 heteroatoms. The number of carboxylic acids is 1. The number of nitrogens with zero attached hydrogens (tertiary/aromatic N) is 2.